The van der Waals surface area contributed by atoms with Gasteiger partial charge in [0.15, 0.2) is 0 Å². The van der Waals surface area contributed by atoms with Crippen molar-refractivity contribution in [2.75, 3.05) is 6.61 Å². The van der Waals surface area contributed by atoms with Crippen molar-refractivity contribution >= 4 is 33.5 Å². The number of nitrogens with one attached hydrogen (secondary N) is 1. The van der Waals surface area contributed by atoms with Crippen molar-refractivity contribution in [3.63, 3.8) is 0 Å². The van der Waals surface area contributed by atoms with E-state index in [2.05, 4.69) is 26.5 Å². The molecule has 2 rings (SSSR count). The molecule has 5 nitrogen and oxygen atoms in total. The number of rotatable bonds is 8. The van der Waals surface area contributed by atoms with Gasteiger partial charge >= 0.3 is 5.97 Å². The van der Waals surface area contributed by atoms with Gasteiger partial charge in [-0.3, -0.25) is 9.59 Å². The Morgan fingerprint density at radius 3 is 2.48 bits per heavy atom. The molecule has 0 radical (unpaired) electrons. The summed E-state index contributed by atoms with van der Waals surface area (Å²) in [5, 5.41) is 4.18. The van der Waals surface area contributed by atoms with E-state index in [1.165, 1.54) is 0 Å². The molecule has 0 aromatic heterocycles. The monoisotopic (exact) mass is 430 g/mol. The van der Waals surface area contributed by atoms with Crippen LogP contribution in [0.5, 0.6) is 0 Å². The van der Waals surface area contributed by atoms with E-state index in [1.54, 1.807) is 12.1 Å². The zero-order valence-corrected chi connectivity index (χ0v) is 17.1. The van der Waals surface area contributed by atoms with E-state index in [0.717, 1.165) is 28.4 Å². The van der Waals surface area contributed by atoms with Gasteiger partial charge in [0, 0.05) is 10.9 Å². The Kier molecular flexibility index (Phi) is 8.20. The van der Waals surface area contributed by atoms with Crippen LogP contribution in [0.3, 0.4) is 0 Å². The first kappa shape index (κ1) is 20.8. The molecule has 0 saturated heterocycles. The third-order valence-electron chi connectivity index (χ3n) is 3.97. The van der Waals surface area contributed by atoms with Gasteiger partial charge in [-0.15, -0.1) is 0 Å². The SMILES string of the molecule is CCOC(=O)CCCc1ccc(/C(C)=N/NC(=O)c2ccccc2Br)cc1. The van der Waals surface area contributed by atoms with Crippen molar-refractivity contribution in [1.82, 2.24) is 5.43 Å². The van der Waals surface area contributed by atoms with Crippen molar-refractivity contribution in [2.45, 2.75) is 33.1 Å². The lowest BCUT2D eigenvalue weighted by molar-refractivity contribution is -0.143. The molecule has 6 heteroatoms. The molecule has 2 aromatic rings. The fourth-order valence-corrected chi connectivity index (χ4v) is 2.95. The molecule has 0 spiro atoms. The molecule has 0 bridgehead atoms. The van der Waals surface area contributed by atoms with E-state index in [0.29, 0.717) is 24.3 Å². The summed E-state index contributed by atoms with van der Waals surface area (Å²) in [5.74, 6) is -0.421. The van der Waals surface area contributed by atoms with E-state index in [9.17, 15) is 9.59 Å². The standard InChI is InChI=1S/C21H23BrN2O3/c1-3-27-20(25)10-6-7-16-11-13-17(14-12-16)15(2)23-24-21(26)18-8-4-5-9-19(18)22/h4-5,8-9,11-14H,3,6-7,10H2,1-2H3,(H,24,26)/b23-15+. The number of hydrazone groups is 1. The maximum atomic E-state index is 12.2. The van der Waals surface area contributed by atoms with Gasteiger partial charge in [0.05, 0.1) is 17.9 Å². The van der Waals surface area contributed by atoms with Crippen LogP contribution in [0.25, 0.3) is 0 Å². The first-order valence-electron chi connectivity index (χ1n) is 8.85. The fraction of sp³-hybridized carbons (Fsp3) is 0.286. The van der Waals surface area contributed by atoms with E-state index >= 15 is 0 Å². The molecule has 0 fully saturated rings. The molecule has 1 amide bonds. The largest absolute Gasteiger partial charge is 0.466 e. The summed E-state index contributed by atoms with van der Waals surface area (Å²) < 4.78 is 5.65. The first-order valence-corrected chi connectivity index (χ1v) is 9.64. The third-order valence-corrected chi connectivity index (χ3v) is 4.66. The molecule has 2 aromatic carbocycles. The van der Waals surface area contributed by atoms with E-state index in [1.807, 2.05) is 50.2 Å². The number of amides is 1. The van der Waals surface area contributed by atoms with E-state index < -0.39 is 0 Å². The molecule has 0 unspecified atom stereocenters. The summed E-state index contributed by atoms with van der Waals surface area (Å²) >= 11 is 3.36. The molecule has 1 N–H and O–H groups in total. The zero-order chi connectivity index (χ0) is 19.6. The van der Waals surface area contributed by atoms with Crippen LogP contribution >= 0.6 is 15.9 Å². The van der Waals surface area contributed by atoms with E-state index in [-0.39, 0.29) is 11.9 Å². The first-order chi connectivity index (χ1) is 13.0. The number of carbonyl (C=O) groups excluding carboxylic acids is 2. The van der Waals surface area contributed by atoms with Crippen molar-refractivity contribution in [3.8, 4) is 0 Å². The number of hydrogen-bond donors (Lipinski definition) is 1. The number of hydrogen-bond acceptors (Lipinski definition) is 4. The predicted molar refractivity (Wildman–Crippen MR) is 110 cm³/mol. The number of halogens is 1. The van der Waals surface area contributed by atoms with Gasteiger partial charge < -0.3 is 4.74 Å². The van der Waals surface area contributed by atoms with E-state index in [4.69, 9.17) is 4.74 Å². The second-order valence-electron chi connectivity index (χ2n) is 5.97. The van der Waals surface area contributed by atoms with Gasteiger partial charge in [-0.05, 0) is 65.9 Å². The van der Waals surface area contributed by atoms with Crippen LogP contribution in [0.4, 0.5) is 0 Å². The number of esters is 1. The minimum atomic E-state index is -0.266. The van der Waals surface area contributed by atoms with Gasteiger partial charge in [0.2, 0.25) is 0 Å². The normalized spacial score (nSPS) is 11.1. The minimum absolute atomic E-state index is 0.155. The maximum Gasteiger partial charge on any atom is 0.305 e. The van der Waals surface area contributed by atoms with Crippen LogP contribution in [-0.4, -0.2) is 24.2 Å². The summed E-state index contributed by atoms with van der Waals surface area (Å²) in [6.07, 6.45) is 2.00. The Morgan fingerprint density at radius 1 is 1.11 bits per heavy atom. The molecule has 0 aliphatic carbocycles. The van der Waals surface area contributed by atoms with Crippen LogP contribution < -0.4 is 5.43 Å². The Morgan fingerprint density at radius 2 is 1.81 bits per heavy atom. The van der Waals surface area contributed by atoms with Crippen molar-refractivity contribution in [1.29, 1.82) is 0 Å². The Bertz CT molecular complexity index is 816. The highest BCUT2D eigenvalue weighted by Crippen LogP contribution is 2.15. The lowest BCUT2D eigenvalue weighted by Gasteiger charge is -2.06. The zero-order valence-electron chi connectivity index (χ0n) is 15.5. The number of nitrogens with zero attached hydrogens (tertiary/aromatic N) is 1. The highest BCUT2D eigenvalue weighted by atomic mass is 79.9. The smallest absolute Gasteiger partial charge is 0.305 e. The topological polar surface area (TPSA) is 67.8 Å². The Balaban J connectivity index is 1.90. The summed E-state index contributed by atoms with van der Waals surface area (Å²) in [6, 6.07) is 15.1. The van der Waals surface area contributed by atoms with Crippen molar-refractivity contribution in [3.05, 3.63) is 69.7 Å². The molecule has 0 aliphatic heterocycles. The van der Waals surface area contributed by atoms with Gasteiger partial charge in [0.25, 0.3) is 5.91 Å². The average molecular weight is 431 g/mol. The number of ether oxygens (including phenoxy) is 1. The molecular weight excluding hydrogens is 408 g/mol. The third kappa shape index (κ3) is 6.64. The molecule has 0 aliphatic rings. The lowest BCUT2D eigenvalue weighted by Crippen LogP contribution is -2.19. The quantitative estimate of drug-likeness (QED) is 0.381. The Labute approximate surface area is 167 Å². The van der Waals surface area contributed by atoms with Gasteiger partial charge in [-0.25, -0.2) is 5.43 Å². The summed E-state index contributed by atoms with van der Waals surface area (Å²) in [7, 11) is 0. The predicted octanol–water partition coefficient (Wildman–Crippen LogP) is 4.49. The molecule has 0 saturated carbocycles. The van der Waals surface area contributed by atoms with Crippen LogP contribution in [0.15, 0.2) is 58.1 Å². The second-order valence-corrected chi connectivity index (χ2v) is 6.83. The minimum Gasteiger partial charge on any atom is -0.466 e. The fourth-order valence-electron chi connectivity index (χ4n) is 2.49. The Hall–Kier alpha value is -2.47. The lowest BCUT2D eigenvalue weighted by atomic mass is 10.0. The molecule has 0 atom stereocenters. The highest BCUT2D eigenvalue weighted by Gasteiger charge is 2.08. The van der Waals surface area contributed by atoms with Crippen LogP contribution in [0.2, 0.25) is 0 Å². The van der Waals surface area contributed by atoms with Gasteiger partial charge in [0.1, 0.15) is 0 Å². The van der Waals surface area contributed by atoms with Crippen LogP contribution in [-0.2, 0) is 16.0 Å². The van der Waals surface area contributed by atoms with Crippen LogP contribution in [0, 0.1) is 0 Å². The van der Waals surface area contributed by atoms with Crippen molar-refractivity contribution in [2.24, 2.45) is 5.10 Å². The van der Waals surface area contributed by atoms with Gasteiger partial charge in [-0.1, -0.05) is 36.4 Å². The summed E-state index contributed by atoms with van der Waals surface area (Å²) in [4.78, 5) is 23.5. The number of aryl methyl sites for hydroxylation is 1. The molecule has 0 heterocycles. The number of carbonyl (C=O) groups is 2. The summed E-state index contributed by atoms with van der Waals surface area (Å²) in [5.41, 5.74) is 5.90. The van der Waals surface area contributed by atoms with Crippen molar-refractivity contribution < 1.29 is 14.3 Å². The average Bonchev–Trinajstić information content (AvgIpc) is 2.67. The second kappa shape index (κ2) is 10.6. The maximum absolute atomic E-state index is 12.2. The number of benzene rings is 2. The molecule has 142 valence electrons. The van der Waals surface area contributed by atoms with Crippen LogP contribution in [0.1, 0.15) is 48.2 Å². The summed E-state index contributed by atoms with van der Waals surface area (Å²) in [6.45, 7) is 4.07. The molecular formula is C21H23BrN2O3. The highest BCUT2D eigenvalue weighted by molar-refractivity contribution is 9.10. The van der Waals surface area contributed by atoms with Gasteiger partial charge in [-0.2, -0.15) is 5.10 Å². The molecule has 27 heavy (non-hydrogen) atoms.